The van der Waals surface area contributed by atoms with Crippen LogP contribution in [-0.4, -0.2) is 33.3 Å². The fourth-order valence-electron chi connectivity index (χ4n) is 2.29. The Morgan fingerprint density at radius 1 is 1.04 bits per heavy atom. The van der Waals surface area contributed by atoms with E-state index < -0.39 is 0 Å². The third-order valence-corrected chi connectivity index (χ3v) is 3.60. The van der Waals surface area contributed by atoms with Crippen molar-refractivity contribution in [2.75, 3.05) is 27.4 Å². The molecule has 6 heteroatoms. The fourth-order valence-corrected chi connectivity index (χ4v) is 2.29. The normalized spacial score (nSPS) is 10.2. The van der Waals surface area contributed by atoms with Gasteiger partial charge in [-0.15, -0.1) is 0 Å². The smallest absolute Gasteiger partial charge is 0.257 e. The average Bonchev–Trinajstić information content (AvgIpc) is 2.64. The van der Waals surface area contributed by atoms with Gasteiger partial charge in [-0.25, -0.2) is 4.39 Å². The van der Waals surface area contributed by atoms with Crippen LogP contribution in [0.15, 0.2) is 42.5 Å². The van der Waals surface area contributed by atoms with Crippen molar-refractivity contribution < 1.29 is 23.4 Å². The summed E-state index contributed by atoms with van der Waals surface area (Å²) in [5.41, 5.74) is 1.11. The first-order chi connectivity index (χ1) is 12.1. The second kappa shape index (κ2) is 9.52. The van der Waals surface area contributed by atoms with Gasteiger partial charge in [0.15, 0.2) is 18.1 Å². The molecule has 134 valence electrons. The number of benzene rings is 2. The van der Waals surface area contributed by atoms with Gasteiger partial charge in [-0.2, -0.15) is 0 Å². The maximum Gasteiger partial charge on any atom is 0.257 e. The second-order valence-electron chi connectivity index (χ2n) is 5.39. The Labute approximate surface area is 146 Å². The van der Waals surface area contributed by atoms with Gasteiger partial charge in [0.25, 0.3) is 5.91 Å². The molecule has 1 amide bonds. The minimum absolute atomic E-state index is 0.0952. The number of ether oxygens (including phenoxy) is 3. The van der Waals surface area contributed by atoms with E-state index in [1.807, 2.05) is 18.2 Å². The second-order valence-corrected chi connectivity index (χ2v) is 5.39. The zero-order valence-corrected chi connectivity index (χ0v) is 14.4. The number of methoxy groups -OCH3 is 2. The Hall–Kier alpha value is -2.76. The van der Waals surface area contributed by atoms with Crippen molar-refractivity contribution in [2.45, 2.75) is 12.8 Å². The van der Waals surface area contributed by atoms with Crippen molar-refractivity contribution >= 4 is 5.91 Å². The van der Waals surface area contributed by atoms with Crippen molar-refractivity contribution in [3.8, 4) is 17.2 Å². The predicted molar refractivity (Wildman–Crippen MR) is 92.8 cm³/mol. The lowest BCUT2D eigenvalue weighted by Crippen LogP contribution is -2.29. The summed E-state index contributed by atoms with van der Waals surface area (Å²) in [5.74, 6) is 1.29. The third-order valence-electron chi connectivity index (χ3n) is 3.60. The highest BCUT2D eigenvalue weighted by atomic mass is 19.1. The highest BCUT2D eigenvalue weighted by Crippen LogP contribution is 2.27. The molecule has 0 aliphatic heterocycles. The van der Waals surface area contributed by atoms with Gasteiger partial charge in [-0.05, 0) is 54.8 Å². The van der Waals surface area contributed by atoms with Crippen molar-refractivity contribution in [3.63, 3.8) is 0 Å². The molecule has 0 aliphatic rings. The van der Waals surface area contributed by atoms with Crippen LogP contribution in [0.3, 0.4) is 0 Å². The van der Waals surface area contributed by atoms with Crippen LogP contribution in [0.5, 0.6) is 17.2 Å². The molecule has 0 aromatic heterocycles. The standard InChI is InChI=1S/C19H22FNO4/c1-23-17-10-5-14(12-18(17)24-2)4-3-11-21-19(22)13-25-16-8-6-15(20)7-9-16/h5-10,12H,3-4,11,13H2,1-2H3,(H,21,22). The third kappa shape index (κ3) is 5.99. The molecule has 0 bridgehead atoms. The Kier molecular flexibility index (Phi) is 7.07. The monoisotopic (exact) mass is 347 g/mol. The van der Waals surface area contributed by atoms with E-state index in [1.165, 1.54) is 24.3 Å². The maximum atomic E-state index is 12.8. The number of carbonyl (C=O) groups excluding carboxylic acids is 1. The van der Waals surface area contributed by atoms with E-state index in [2.05, 4.69) is 5.32 Å². The summed E-state index contributed by atoms with van der Waals surface area (Å²) in [5, 5.41) is 2.79. The van der Waals surface area contributed by atoms with E-state index in [4.69, 9.17) is 14.2 Å². The van der Waals surface area contributed by atoms with Crippen molar-refractivity contribution in [3.05, 3.63) is 53.8 Å². The molecule has 0 fully saturated rings. The van der Waals surface area contributed by atoms with Gasteiger partial charge in [0, 0.05) is 6.54 Å². The van der Waals surface area contributed by atoms with Crippen LogP contribution in [0.25, 0.3) is 0 Å². The van der Waals surface area contributed by atoms with Gasteiger partial charge in [-0.1, -0.05) is 6.07 Å². The van der Waals surface area contributed by atoms with E-state index in [-0.39, 0.29) is 18.3 Å². The molecule has 5 nitrogen and oxygen atoms in total. The van der Waals surface area contributed by atoms with Crippen LogP contribution >= 0.6 is 0 Å². The first kappa shape index (κ1) is 18.6. The Morgan fingerprint density at radius 2 is 1.76 bits per heavy atom. The number of rotatable bonds is 9. The summed E-state index contributed by atoms with van der Waals surface area (Å²) in [6.07, 6.45) is 1.59. The summed E-state index contributed by atoms with van der Waals surface area (Å²) < 4.78 is 28.5. The number of halogens is 1. The molecule has 0 aliphatic carbocycles. The molecule has 0 saturated carbocycles. The van der Waals surface area contributed by atoms with Crippen LogP contribution < -0.4 is 19.5 Å². The molecule has 25 heavy (non-hydrogen) atoms. The van der Waals surface area contributed by atoms with E-state index in [1.54, 1.807) is 14.2 Å². The summed E-state index contributed by atoms with van der Waals surface area (Å²) in [7, 11) is 3.20. The van der Waals surface area contributed by atoms with E-state index in [0.717, 1.165) is 18.4 Å². The molecular formula is C19H22FNO4. The molecule has 0 saturated heterocycles. The summed E-state index contributed by atoms with van der Waals surface area (Å²) in [4.78, 5) is 11.7. The quantitative estimate of drug-likeness (QED) is 0.709. The lowest BCUT2D eigenvalue weighted by atomic mass is 10.1. The molecule has 2 rings (SSSR count). The van der Waals surface area contributed by atoms with Crippen molar-refractivity contribution in [1.82, 2.24) is 5.32 Å². The van der Waals surface area contributed by atoms with Crippen LogP contribution in [0, 0.1) is 5.82 Å². The van der Waals surface area contributed by atoms with E-state index >= 15 is 0 Å². The number of hydrogen-bond donors (Lipinski definition) is 1. The Balaban J connectivity index is 1.68. The molecule has 2 aromatic rings. The minimum atomic E-state index is -0.341. The van der Waals surface area contributed by atoms with Crippen LogP contribution in [0.1, 0.15) is 12.0 Å². The zero-order chi connectivity index (χ0) is 18.1. The highest BCUT2D eigenvalue weighted by Gasteiger charge is 2.05. The lowest BCUT2D eigenvalue weighted by molar-refractivity contribution is -0.123. The molecule has 0 radical (unpaired) electrons. The Bertz CT molecular complexity index is 688. The topological polar surface area (TPSA) is 56.8 Å². The first-order valence-corrected chi connectivity index (χ1v) is 7.98. The largest absolute Gasteiger partial charge is 0.493 e. The predicted octanol–water partition coefficient (Wildman–Crippen LogP) is 2.97. The summed E-state index contributed by atoms with van der Waals surface area (Å²) in [6, 6.07) is 11.3. The zero-order valence-electron chi connectivity index (χ0n) is 14.4. The van der Waals surface area contributed by atoms with Gasteiger partial charge in [0.2, 0.25) is 0 Å². The highest BCUT2D eigenvalue weighted by molar-refractivity contribution is 5.77. The van der Waals surface area contributed by atoms with Crippen molar-refractivity contribution in [2.24, 2.45) is 0 Å². The SMILES string of the molecule is COc1ccc(CCCNC(=O)COc2ccc(F)cc2)cc1OC. The number of amides is 1. The molecule has 0 heterocycles. The number of nitrogens with one attached hydrogen (secondary N) is 1. The molecule has 0 spiro atoms. The molecular weight excluding hydrogens is 325 g/mol. The number of aryl methyl sites for hydroxylation is 1. The van der Waals surface area contributed by atoms with Gasteiger partial charge >= 0.3 is 0 Å². The molecule has 2 aromatic carbocycles. The van der Waals surface area contributed by atoms with E-state index in [9.17, 15) is 9.18 Å². The number of hydrogen-bond acceptors (Lipinski definition) is 4. The molecule has 1 N–H and O–H groups in total. The summed E-state index contributed by atoms with van der Waals surface area (Å²) in [6.45, 7) is 0.446. The maximum absolute atomic E-state index is 12.8. The van der Waals surface area contributed by atoms with Gasteiger partial charge in [0.1, 0.15) is 11.6 Å². The molecule has 0 atom stereocenters. The van der Waals surface area contributed by atoms with E-state index in [0.29, 0.717) is 23.8 Å². The molecule has 0 unspecified atom stereocenters. The minimum Gasteiger partial charge on any atom is -0.493 e. The van der Waals surface area contributed by atoms with Crippen LogP contribution in [0.4, 0.5) is 4.39 Å². The van der Waals surface area contributed by atoms with Crippen molar-refractivity contribution in [1.29, 1.82) is 0 Å². The first-order valence-electron chi connectivity index (χ1n) is 7.98. The van der Waals surface area contributed by atoms with Gasteiger partial charge < -0.3 is 19.5 Å². The van der Waals surface area contributed by atoms with Gasteiger partial charge in [0.05, 0.1) is 14.2 Å². The Morgan fingerprint density at radius 3 is 2.44 bits per heavy atom. The lowest BCUT2D eigenvalue weighted by Gasteiger charge is -2.10. The summed E-state index contributed by atoms with van der Waals surface area (Å²) >= 11 is 0. The van der Waals surface area contributed by atoms with Gasteiger partial charge in [-0.3, -0.25) is 4.79 Å². The van der Waals surface area contributed by atoms with Crippen LogP contribution in [-0.2, 0) is 11.2 Å². The average molecular weight is 347 g/mol. The fraction of sp³-hybridized carbons (Fsp3) is 0.316. The van der Waals surface area contributed by atoms with Crippen LogP contribution in [0.2, 0.25) is 0 Å². The number of carbonyl (C=O) groups is 1.